The Morgan fingerprint density at radius 2 is 1.67 bits per heavy atom. The van der Waals surface area contributed by atoms with Crippen molar-refractivity contribution < 1.29 is 4.39 Å². The van der Waals surface area contributed by atoms with Crippen LogP contribution in [0.5, 0.6) is 0 Å². The first-order chi connectivity index (χ1) is 13.2. The molecule has 4 aromatic rings. The van der Waals surface area contributed by atoms with Crippen LogP contribution in [0.15, 0.2) is 84.0 Å². The van der Waals surface area contributed by atoms with E-state index in [0.717, 1.165) is 16.6 Å². The molecule has 3 aromatic carbocycles. The predicted molar refractivity (Wildman–Crippen MR) is 107 cm³/mol. The van der Waals surface area contributed by atoms with E-state index in [1.165, 1.54) is 17.2 Å². The van der Waals surface area contributed by atoms with Gasteiger partial charge >= 0.3 is 0 Å². The van der Waals surface area contributed by atoms with Crippen LogP contribution in [0, 0.1) is 12.7 Å². The lowest BCUT2D eigenvalue weighted by molar-refractivity contribution is 0.629. The zero-order valence-electron chi connectivity index (χ0n) is 14.8. The maximum Gasteiger partial charge on any atom is 0.196 e. The topological polar surface area (TPSA) is 30.7 Å². The molecule has 0 N–H and O–H groups in total. The third kappa shape index (κ3) is 3.78. The van der Waals surface area contributed by atoms with Crippen LogP contribution >= 0.6 is 11.8 Å². The summed E-state index contributed by atoms with van der Waals surface area (Å²) in [5.74, 6) is 0.965. The van der Waals surface area contributed by atoms with Crippen molar-refractivity contribution >= 4 is 11.8 Å². The molecule has 1 aromatic heterocycles. The molecule has 0 atom stereocenters. The van der Waals surface area contributed by atoms with E-state index < -0.39 is 0 Å². The number of hydrogen-bond acceptors (Lipinski definition) is 3. The Bertz CT molecular complexity index is 1060. The van der Waals surface area contributed by atoms with Gasteiger partial charge in [-0.2, -0.15) is 0 Å². The Hall–Kier alpha value is -2.92. The minimum Gasteiger partial charge on any atom is -0.270 e. The third-order valence-electron chi connectivity index (χ3n) is 4.21. The number of halogens is 1. The molecular formula is C22H18FN3S. The number of nitrogens with zero attached hydrogens (tertiary/aromatic N) is 3. The summed E-state index contributed by atoms with van der Waals surface area (Å²) in [5, 5.41) is 9.40. The maximum absolute atomic E-state index is 14.4. The largest absolute Gasteiger partial charge is 0.270 e. The highest BCUT2D eigenvalue weighted by Gasteiger charge is 2.18. The predicted octanol–water partition coefficient (Wildman–Crippen LogP) is 5.67. The van der Waals surface area contributed by atoms with Gasteiger partial charge in [-0.05, 0) is 36.8 Å². The molecule has 3 nitrogen and oxygen atoms in total. The van der Waals surface area contributed by atoms with Crippen molar-refractivity contribution in [3.63, 3.8) is 0 Å². The van der Waals surface area contributed by atoms with Gasteiger partial charge in [0.2, 0.25) is 0 Å². The highest BCUT2D eigenvalue weighted by molar-refractivity contribution is 7.98. The fraction of sp³-hybridized carbons (Fsp3) is 0.0909. The molecule has 0 radical (unpaired) electrons. The molecule has 5 heteroatoms. The van der Waals surface area contributed by atoms with Crippen LogP contribution in [0.2, 0.25) is 0 Å². The van der Waals surface area contributed by atoms with Crippen LogP contribution in [-0.2, 0) is 5.75 Å². The summed E-state index contributed by atoms with van der Waals surface area (Å²) in [7, 11) is 0. The SMILES string of the molecule is Cc1cccc(CSc2nnc(-c3ccccc3F)n2-c2ccccc2)c1. The fourth-order valence-corrected chi connectivity index (χ4v) is 3.83. The number of para-hydroxylation sites is 1. The van der Waals surface area contributed by atoms with Gasteiger partial charge in [0.1, 0.15) is 5.82 Å². The minimum atomic E-state index is -0.308. The lowest BCUT2D eigenvalue weighted by Crippen LogP contribution is -2.00. The molecule has 134 valence electrons. The molecule has 0 saturated heterocycles. The molecule has 27 heavy (non-hydrogen) atoms. The Kier molecular flexibility index (Phi) is 5.03. The second kappa shape index (κ2) is 7.76. The average molecular weight is 375 g/mol. The highest BCUT2D eigenvalue weighted by Crippen LogP contribution is 2.30. The molecule has 0 saturated carbocycles. The van der Waals surface area contributed by atoms with E-state index in [2.05, 4.69) is 41.4 Å². The molecular weight excluding hydrogens is 357 g/mol. The monoisotopic (exact) mass is 375 g/mol. The normalized spacial score (nSPS) is 10.9. The Labute approximate surface area is 161 Å². The standard InChI is InChI=1S/C22H18FN3S/c1-16-8-7-9-17(14-16)15-27-22-25-24-21(19-12-5-6-13-20(19)23)26(22)18-10-3-2-4-11-18/h2-14H,15H2,1H3. The van der Waals surface area contributed by atoms with E-state index in [0.29, 0.717) is 11.4 Å². The Morgan fingerprint density at radius 3 is 2.44 bits per heavy atom. The van der Waals surface area contributed by atoms with Crippen molar-refractivity contribution in [2.24, 2.45) is 0 Å². The van der Waals surface area contributed by atoms with Gasteiger partial charge in [-0.15, -0.1) is 10.2 Å². The molecule has 0 bridgehead atoms. The second-order valence-electron chi connectivity index (χ2n) is 6.23. The van der Waals surface area contributed by atoms with Crippen LogP contribution in [0.3, 0.4) is 0 Å². The van der Waals surface area contributed by atoms with E-state index in [1.54, 1.807) is 23.9 Å². The molecule has 1 heterocycles. The maximum atomic E-state index is 14.4. The number of benzene rings is 3. The van der Waals surface area contributed by atoms with Crippen LogP contribution in [-0.4, -0.2) is 14.8 Å². The van der Waals surface area contributed by atoms with E-state index in [1.807, 2.05) is 41.0 Å². The molecule has 0 amide bonds. The summed E-state index contributed by atoms with van der Waals surface area (Å²) in [4.78, 5) is 0. The molecule has 4 rings (SSSR count). The zero-order chi connectivity index (χ0) is 18.6. The summed E-state index contributed by atoms with van der Waals surface area (Å²) >= 11 is 1.59. The second-order valence-corrected chi connectivity index (χ2v) is 7.18. The third-order valence-corrected chi connectivity index (χ3v) is 5.21. The number of rotatable bonds is 5. The highest BCUT2D eigenvalue weighted by atomic mass is 32.2. The molecule has 0 aliphatic rings. The minimum absolute atomic E-state index is 0.308. The van der Waals surface area contributed by atoms with Crippen molar-refractivity contribution in [1.29, 1.82) is 0 Å². The van der Waals surface area contributed by atoms with Crippen molar-refractivity contribution in [3.05, 3.63) is 95.8 Å². The van der Waals surface area contributed by atoms with E-state index >= 15 is 0 Å². The first-order valence-corrected chi connectivity index (χ1v) is 9.65. The quantitative estimate of drug-likeness (QED) is 0.421. The van der Waals surface area contributed by atoms with E-state index in [9.17, 15) is 4.39 Å². The van der Waals surface area contributed by atoms with Gasteiger partial charge in [-0.3, -0.25) is 4.57 Å². The Balaban J connectivity index is 1.75. The Morgan fingerprint density at radius 1 is 0.889 bits per heavy atom. The zero-order valence-corrected chi connectivity index (χ0v) is 15.7. The van der Waals surface area contributed by atoms with Crippen molar-refractivity contribution in [1.82, 2.24) is 14.8 Å². The molecule has 0 fully saturated rings. The van der Waals surface area contributed by atoms with Crippen molar-refractivity contribution in [2.75, 3.05) is 0 Å². The lowest BCUT2D eigenvalue weighted by Gasteiger charge is -2.11. The van der Waals surface area contributed by atoms with Crippen LogP contribution in [0.4, 0.5) is 4.39 Å². The number of thioether (sulfide) groups is 1. The molecule has 0 spiro atoms. The van der Waals surface area contributed by atoms with Crippen molar-refractivity contribution in [3.8, 4) is 17.1 Å². The van der Waals surface area contributed by atoms with Gasteiger partial charge < -0.3 is 0 Å². The summed E-state index contributed by atoms with van der Waals surface area (Å²) in [6.45, 7) is 2.08. The molecule has 0 aliphatic carbocycles. The summed E-state index contributed by atoms with van der Waals surface area (Å²) in [6, 6.07) is 24.9. The van der Waals surface area contributed by atoms with Gasteiger partial charge in [-0.1, -0.05) is 71.9 Å². The van der Waals surface area contributed by atoms with Gasteiger partial charge in [0, 0.05) is 11.4 Å². The fourth-order valence-electron chi connectivity index (χ4n) is 2.94. The van der Waals surface area contributed by atoms with Crippen LogP contribution < -0.4 is 0 Å². The summed E-state index contributed by atoms with van der Waals surface area (Å²) in [6.07, 6.45) is 0. The molecule has 0 unspecified atom stereocenters. The van der Waals surface area contributed by atoms with Gasteiger partial charge in [-0.25, -0.2) is 4.39 Å². The first-order valence-electron chi connectivity index (χ1n) is 8.66. The van der Waals surface area contributed by atoms with Gasteiger partial charge in [0.05, 0.1) is 5.56 Å². The average Bonchev–Trinajstić information content (AvgIpc) is 3.11. The van der Waals surface area contributed by atoms with Crippen LogP contribution in [0.1, 0.15) is 11.1 Å². The summed E-state index contributed by atoms with van der Waals surface area (Å²) < 4.78 is 16.3. The van der Waals surface area contributed by atoms with E-state index in [4.69, 9.17) is 0 Å². The number of hydrogen-bond donors (Lipinski definition) is 0. The molecule has 0 aliphatic heterocycles. The smallest absolute Gasteiger partial charge is 0.196 e. The number of aromatic nitrogens is 3. The lowest BCUT2D eigenvalue weighted by atomic mass is 10.2. The van der Waals surface area contributed by atoms with Gasteiger partial charge in [0.15, 0.2) is 11.0 Å². The van der Waals surface area contributed by atoms with E-state index in [-0.39, 0.29) is 5.82 Å². The van der Waals surface area contributed by atoms with Gasteiger partial charge in [0.25, 0.3) is 0 Å². The first kappa shape index (κ1) is 17.5. The number of aryl methyl sites for hydroxylation is 1. The van der Waals surface area contributed by atoms with Crippen LogP contribution in [0.25, 0.3) is 17.1 Å². The van der Waals surface area contributed by atoms with Crippen molar-refractivity contribution in [2.45, 2.75) is 17.8 Å². The summed E-state index contributed by atoms with van der Waals surface area (Å²) in [5.41, 5.74) is 3.79.